The molecule has 0 spiro atoms. The van der Waals surface area contributed by atoms with Crippen LogP contribution < -0.4 is 4.90 Å². The van der Waals surface area contributed by atoms with E-state index in [2.05, 4.69) is 31.4 Å². The van der Waals surface area contributed by atoms with Crippen molar-refractivity contribution in [2.75, 3.05) is 11.4 Å². The summed E-state index contributed by atoms with van der Waals surface area (Å²) in [4.78, 5) is 19.6. The fraction of sp³-hybridized carbons (Fsp3) is 0.500. The van der Waals surface area contributed by atoms with Crippen molar-refractivity contribution in [1.82, 2.24) is 9.55 Å². The van der Waals surface area contributed by atoms with Crippen LogP contribution in [0.15, 0.2) is 29.4 Å². The van der Waals surface area contributed by atoms with Crippen molar-refractivity contribution in [3.63, 3.8) is 0 Å². The van der Waals surface area contributed by atoms with Gasteiger partial charge in [-0.1, -0.05) is 43.3 Å². The number of benzene rings is 1. The number of aryl methyl sites for hydroxylation is 2. The zero-order valence-corrected chi connectivity index (χ0v) is 18.5. The van der Waals surface area contributed by atoms with Gasteiger partial charge in [0.1, 0.15) is 0 Å². The Morgan fingerprint density at radius 1 is 1.21 bits per heavy atom. The zero-order valence-electron chi connectivity index (χ0n) is 17.7. The maximum Gasteiger partial charge on any atom is 0.240 e. The zero-order chi connectivity index (χ0) is 20.8. The maximum atomic E-state index is 13.2. The number of nitrogens with zero attached hydrogens (tertiary/aromatic N) is 4. The van der Waals surface area contributed by atoms with Gasteiger partial charge in [0.2, 0.25) is 5.91 Å². The average molecular weight is 399 g/mol. The minimum atomic E-state index is -0.299. The molecule has 2 aromatic rings. The van der Waals surface area contributed by atoms with Gasteiger partial charge in [-0.2, -0.15) is 5.26 Å². The minimum absolute atomic E-state index is 0.00138. The Labute approximate surface area is 172 Å². The lowest BCUT2D eigenvalue weighted by Crippen LogP contribution is -2.37. The monoisotopic (exact) mass is 398 g/mol. The van der Waals surface area contributed by atoms with Crippen LogP contribution in [0.3, 0.4) is 0 Å². The van der Waals surface area contributed by atoms with E-state index in [1.807, 2.05) is 45.0 Å². The first-order chi connectivity index (χ1) is 13.2. The molecule has 0 aliphatic heterocycles. The predicted molar refractivity (Wildman–Crippen MR) is 116 cm³/mol. The molecule has 0 saturated carbocycles. The van der Waals surface area contributed by atoms with E-state index in [-0.39, 0.29) is 11.2 Å². The van der Waals surface area contributed by atoms with Crippen molar-refractivity contribution in [2.45, 2.75) is 64.9 Å². The molecule has 0 aliphatic carbocycles. The summed E-state index contributed by atoms with van der Waals surface area (Å²) in [6.45, 7) is 13.6. The molecule has 0 radical (unpaired) electrons. The Morgan fingerprint density at radius 3 is 2.43 bits per heavy atom. The molecule has 0 saturated heterocycles. The maximum absolute atomic E-state index is 13.2. The van der Waals surface area contributed by atoms with Crippen molar-refractivity contribution in [3.8, 4) is 6.07 Å². The molecular weight excluding hydrogens is 368 g/mol. The van der Waals surface area contributed by atoms with Crippen molar-refractivity contribution in [2.24, 2.45) is 5.92 Å². The number of anilines is 1. The summed E-state index contributed by atoms with van der Waals surface area (Å²) in [5, 5.41) is 9.59. The molecule has 0 fully saturated rings. The van der Waals surface area contributed by atoms with Crippen molar-refractivity contribution >= 4 is 23.4 Å². The summed E-state index contributed by atoms with van der Waals surface area (Å²) in [6, 6.07) is 10.0. The van der Waals surface area contributed by atoms with E-state index in [9.17, 15) is 4.79 Å². The molecule has 28 heavy (non-hydrogen) atoms. The molecule has 1 aromatic heterocycles. The molecule has 1 heterocycles. The summed E-state index contributed by atoms with van der Waals surface area (Å²) in [7, 11) is 0. The molecule has 6 heteroatoms. The highest BCUT2D eigenvalue weighted by Gasteiger charge is 2.25. The molecule has 0 N–H and O–H groups in total. The van der Waals surface area contributed by atoms with E-state index < -0.39 is 0 Å². The lowest BCUT2D eigenvalue weighted by atomic mass is 10.2. The number of imidazole rings is 1. The molecule has 5 nitrogen and oxygen atoms in total. The SMILES string of the molecule is Cc1ccc(N(CCC#N)C(=O)C(C)Sc2nc(C)c(C)n2CC(C)C)cc1. The van der Waals surface area contributed by atoms with E-state index in [1.54, 1.807) is 4.90 Å². The summed E-state index contributed by atoms with van der Waals surface area (Å²) < 4.78 is 2.21. The Hall–Kier alpha value is -2.26. The van der Waals surface area contributed by atoms with Crippen molar-refractivity contribution in [1.29, 1.82) is 5.26 Å². The van der Waals surface area contributed by atoms with E-state index in [4.69, 9.17) is 10.2 Å². The summed E-state index contributed by atoms with van der Waals surface area (Å²) in [5.74, 6) is 0.496. The van der Waals surface area contributed by atoms with Crippen LogP contribution in [0.5, 0.6) is 0 Å². The van der Waals surface area contributed by atoms with Crippen LogP contribution in [0.1, 0.15) is 44.1 Å². The largest absolute Gasteiger partial charge is 0.323 e. The average Bonchev–Trinajstić information content (AvgIpc) is 2.90. The Morgan fingerprint density at radius 2 is 1.86 bits per heavy atom. The third kappa shape index (κ3) is 5.39. The van der Waals surface area contributed by atoms with E-state index in [1.165, 1.54) is 11.8 Å². The predicted octanol–water partition coefficient (Wildman–Crippen LogP) is 4.89. The fourth-order valence-electron chi connectivity index (χ4n) is 2.97. The number of aromatic nitrogens is 2. The number of amides is 1. The van der Waals surface area contributed by atoms with Gasteiger partial charge in [-0.25, -0.2) is 4.98 Å². The number of carbonyl (C=O) groups is 1. The van der Waals surface area contributed by atoms with E-state index >= 15 is 0 Å². The summed E-state index contributed by atoms with van der Waals surface area (Å²) in [5.41, 5.74) is 4.12. The number of hydrogen-bond acceptors (Lipinski definition) is 4. The minimum Gasteiger partial charge on any atom is -0.323 e. The molecule has 1 atom stereocenters. The molecule has 1 unspecified atom stereocenters. The first kappa shape index (κ1) is 22.0. The molecule has 0 aliphatic rings. The van der Waals surface area contributed by atoms with Crippen LogP contribution in [0.4, 0.5) is 5.69 Å². The van der Waals surface area contributed by atoms with Gasteiger partial charge in [0.15, 0.2) is 5.16 Å². The summed E-state index contributed by atoms with van der Waals surface area (Å²) in [6.07, 6.45) is 0.303. The molecule has 2 rings (SSSR count). The van der Waals surface area contributed by atoms with Gasteiger partial charge in [0.25, 0.3) is 0 Å². The number of nitriles is 1. The Bertz CT molecular complexity index is 849. The topological polar surface area (TPSA) is 61.9 Å². The number of hydrogen-bond donors (Lipinski definition) is 0. The summed E-state index contributed by atoms with van der Waals surface area (Å²) >= 11 is 1.49. The highest BCUT2D eigenvalue weighted by atomic mass is 32.2. The van der Waals surface area contributed by atoms with Gasteiger partial charge < -0.3 is 9.47 Å². The third-order valence-corrected chi connectivity index (χ3v) is 5.74. The van der Waals surface area contributed by atoms with Gasteiger partial charge in [0.05, 0.1) is 23.4 Å². The van der Waals surface area contributed by atoms with Crippen LogP contribution in [0, 0.1) is 38.0 Å². The van der Waals surface area contributed by atoms with Crippen molar-refractivity contribution < 1.29 is 4.79 Å². The molecular formula is C22H30N4OS. The van der Waals surface area contributed by atoms with Gasteiger partial charge in [-0.3, -0.25) is 4.79 Å². The van der Waals surface area contributed by atoms with Crippen LogP contribution in [0.25, 0.3) is 0 Å². The second kappa shape index (κ2) is 9.79. The second-order valence-electron chi connectivity index (χ2n) is 7.56. The smallest absolute Gasteiger partial charge is 0.240 e. The lowest BCUT2D eigenvalue weighted by molar-refractivity contribution is -0.117. The Balaban J connectivity index is 2.24. The first-order valence-electron chi connectivity index (χ1n) is 9.70. The normalized spacial score (nSPS) is 12.1. The standard InChI is InChI=1S/C22H30N4OS/c1-15(2)14-26-18(5)17(4)24-22(26)28-19(6)21(27)25(13-7-12-23)20-10-8-16(3)9-11-20/h8-11,15,19H,7,13-14H2,1-6H3. The van der Waals surface area contributed by atoms with Crippen LogP contribution in [-0.4, -0.2) is 27.3 Å². The Kier molecular flexibility index (Phi) is 7.70. The van der Waals surface area contributed by atoms with Gasteiger partial charge in [-0.15, -0.1) is 0 Å². The highest BCUT2D eigenvalue weighted by Crippen LogP contribution is 2.28. The van der Waals surface area contributed by atoms with Crippen LogP contribution in [-0.2, 0) is 11.3 Å². The van der Waals surface area contributed by atoms with Crippen LogP contribution >= 0.6 is 11.8 Å². The molecule has 1 amide bonds. The fourth-order valence-corrected chi connectivity index (χ4v) is 4.05. The van der Waals surface area contributed by atoms with Crippen molar-refractivity contribution in [3.05, 3.63) is 41.2 Å². The number of carbonyl (C=O) groups excluding carboxylic acids is 1. The van der Waals surface area contributed by atoms with Gasteiger partial charge in [-0.05, 0) is 45.7 Å². The highest BCUT2D eigenvalue weighted by molar-refractivity contribution is 8.00. The quantitative estimate of drug-likeness (QED) is 0.594. The lowest BCUT2D eigenvalue weighted by Gasteiger charge is -2.25. The van der Waals surface area contributed by atoms with E-state index in [0.717, 1.165) is 34.3 Å². The van der Waals surface area contributed by atoms with Gasteiger partial charge in [0, 0.05) is 24.5 Å². The van der Waals surface area contributed by atoms with Gasteiger partial charge >= 0.3 is 0 Å². The molecule has 0 bridgehead atoms. The molecule has 150 valence electrons. The van der Waals surface area contributed by atoms with Crippen LogP contribution in [0.2, 0.25) is 0 Å². The molecule has 1 aromatic carbocycles. The number of rotatable bonds is 8. The van der Waals surface area contributed by atoms with E-state index in [0.29, 0.717) is 18.9 Å². The second-order valence-corrected chi connectivity index (χ2v) is 8.87. The first-order valence-corrected chi connectivity index (χ1v) is 10.6. The number of thioether (sulfide) groups is 1. The third-order valence-electron chi connectivity index (χ3n) is 4.66.